The number of carboxylic acid groups (broad SMARTS) is 1. The van der Waals surface area contributed by atoms with E-state index < -0.39 is 52.6 Å². The van der Waals surface area contributed by atoms with Crippen LogP contribution in [0.5, 0.6) is 5.88 Å². The molecule has 0 aliphatic carbocycles. The van der Waals surface area contributed by atoms with Gasteiger partial charge in [0.05, 0.1) is 30.8 Å². The van der Waals surface area contributed by atoms with E-state index in [1.54, 1.807) is 13.8 Å². The quantitative estimate of drug-likeness (QED) is 0.438. The first kappa shape index (κ1) is 24.1. The van der Waals surface area contributed by atoms with Crippen LogP contribution in [0.3, 0.4) is 0 Å². The molecular formula is C22H22F3N3O5. The van der Waals surface area contributed by atoms with E-state index >= 15 is 0 Å². The predicted octanol–water partition coefficient (Wildman–Crippen LogP) is 3.32. The van der Waals surface area contributed by atoms with Crippen LogP contribution in [0, 0.1) is 23.4 Å². The van der Waals surface area contributed by atoms with E-state index in [-0.39, 0.29) is 35.1 Å². The molecule has 1 aromatic carbocycles. The molecule has 0 fully saturated rings. The number of fused-ring (bicyclic) bond motifs is 1. The third kappa shape index (κ3) is 4.49. The van der Waals surface area contributed by atoms with Crippen molar-refractivity contribution in [3.8, 4) is 5.88 Å². The van der Waals surface area contributed by atoms with Crippen LogP contribution in [-0.2, 0) is 6.54 Å². The number of aromatic carboxylic acids is 1. The summed E-state index contributed by atoms with van der Waals surface area (Å²) in [6.45, 7) is 2.76. The molecule has 0 radical (unpaired) electrons. The van der Waals surface area contributed by atoms with E-state index in [4.69, 9.17) is 4.74 Å². The molecule has 2 heterocycles. The first-order valence-electron chi connectivity index (χ1n) is 9.94. The Morgan fingerprint density at radius 1 is 1.24 bits per heavy atom. The van der Waals surface area contributed by atoms with Crippen LogP contribution in [-0.4, -0.2) is 39.5 Å². The summed E-state index contributed by atoms with van der Waals surface area (Å²) in [5, 5.41) is 21.9. The zero-order valence-corrected chi connectivity index (χ0v) is 18.0. The number of nitrogens with one attached hydrogen (secondary N) is 1. The molecule has 0 bridgehead atoms. The normalized spacial score (nSPS) is 12.2. The third-order valence-corrected chi connectivity index (χ3v) is 5.30. The van der Waals surface area contributed by atoms with Crippen molar-refractivity contribution in [2.45, 2.75) is 26.4 Å². The van der Waals surface area contributed by atoms with Crippen molar-refractivity contribution in [3.05, 3.63) is 63.2 Å². The molecule has 8 nitrogen and oxygen atoms in total. The van der Waals surface area contributed by atoms with E-state index in [0.29, 0.717) is 6.07 Å². The van der Waals surface area contributed by atoms with Crippen LogP contribution < -0.4 is 15.5 Å². The van der Waals surface area contributed by atoms with Crippen LogP contribution >= 0.6 is 0 Å². The molecule has 0 amide bonds. The highest BCUT2D eigenvalue weighted by Gasteiger charge is 2.24. The topological polar surface area (TPSA) is 114 Å². The molecule has 0 spiro atoms. The van der Waals surface area contributed by atoms with Crippen molar-refractivity contribution < 1.29 is 32.9 Å². The fraction of sp³-hybridized carbons (Fsp3) is 0.318. The molecule has 3 rings (SSSR count). The Labute approximate surface area is 186 Å². The third-order valence-electron chi connectivity index (χ3n) is 5.30. The summed E-state index contributed by atoms with van der Waals surface area (Å²) >= 11 is 0. The first-order valence-corrected chi connectivity index (χ1v) is 9.94. The fourth-order valence-electron chi connectivity index (χ4n) is 3.48. The molecule has 0 aliphatic rings. The van der Waals surface area contributed by atoms with Crippen molar-refractivity contribution in [2.75, 3.05) is 19.0 Å². The number of pyridine rings is 2. The number of rotatable bonds is 8. The summed E-state index contributed by atoms with van der Waals surface area (Å²) in [5.74, 6) is -5.25. The number of halogens is 3. The van der Waals surface area contributed by atoms with Gasteiger partial charge in [0.1, 0.15) is 17.0 Å². The van der Waals surface area contributed by atoms with E-state index in [1.807, 2.05) is 0 Å². The average Bonchev–Trinajstić information content (AvgIpc) is 2.77. The zero-order valence-electron chi connectivity index (χ0n) is 18.0. The minimum Gasteiger partial charge on any atom is -0.479 e. The number of hydrogen-bond acceptors (Lipinski definition) is 6. The molecule has 3 aromatic rings. The Kier molecular flexibility index (Phi) is 6.92. The first-order chi connectivity index (χ1) is 15.6. The maximum absolute atomic E-state index is 14.0. The second-order valence-electron chi connectivity index (χ2n) is 7.67. The van der Waals surface area contributed by atoms with E-state index in [2.05, 4.69) is 10.3 Å². The number of carboxylic acids is 1. The number of aliphatic hydroxyl groups is 1. The monoisotopic (exact) mass is 465 g/mol. The second kappa shape index (κ2) is 9.49. The summed E-state index contributed by atoms with van der Waals surface area (Å²) in [5.41, 5.74) is -1.86. The Hall–Kier alpha value is -3.60. The van der Waals surface area contributed by atoms with E-state index in [0.717, 1.165) is 12.3 Å². The van der Waals surface area contributed by atoms with Gasteiger partial charge in [-0.15, -0.1) is 0 Å². The van der Waals surface area contributed by atoms with Crippen LogP contribution in [0.4, 0.5) is 18.9 Å². The number of anilines is 1. The number of carbonyl (C=O) groups is 1. The van der Waals surface area contributed by atoms with E-state index in [1.165, 1.54) is 17.7 Å². The number of methoxy groups -OCH3 is 1. The van der Waals surface area contributed by atoms with Crippen LogP contribution in [0.25, 0.3) is 11.0 Å². The van der Waals surface area contributed by atoms with Gasteiger partial charge in [-0.2, -0.15) is 4.98 Å². The SMILES string of the molecule is COc1nc2c(cc1NCc1c(F)ccc(F)c1F)c(=O)c(C(=O)O)cn2[C@H](CO)C(C)C. The number of aromatic nitrogens is 2. The lowest BCUT2D eigenvalue weighted by atomic mass is 10.0. The maximum Gasteiger partial charge on any atom is 0.341 e. The largest absolute Gasteiger partial charge is 0.479 e. The summed E-state index contributed by atoms with van der Waals surface area (Å²) in [4.78, 5) is 28.8. The van der Waals surface area contributed by atoms with Gasteiger partial charge >= 0.3 is 5.97 Å². The van der Waals surface area contributed by atoms with Crippen molar-refractivity contribution in [1.29, 1.82) is 0 Å². The maximum atomic E-state index is 14.0. The van der Waals surface area contributed by atoms with Crippen molar-refractivity contribution >= 4 is 22.7 Å². The molecule has 0 aliphatic heterocycles. The lowest BCUT2D eigenvalue weighted by Crippen LogP contribution is -2.26. The van der Waals surface area contributed by atoms with Gasteiger partial charge in [-0.25, -0.2) is 18.0 Å². The Morgan fingerprint density at radius 2 is 1.91 bits per heavy atom. The van der Waals surface area contributed by atoms with E-state index in [9.17, 15) is 33.0 Å². The molecule has 0 unspecified atom stereocenters. The molecule has 33 heavy (non-hydrogen) atoms. The number of aliphatic hydroxyl groups excluding tert-OH is 1. The molecule has 2 aromatic heterocycles. The minimum absolute atomic E-state index is 0.0318. The van der Waals surface area contributed by atoms with Crippen molar-refractivity contribution in [2.24, 2.45) is 5.92 Å². The van der Waals surface area contributed by atoms with Gasteiger partial charge in [0.25, 0.3) is 0 Å². The standard InChI is InChI=1S/C22H22F3N3O5/c1-10(2)17(9-29)28-8-13(22(31)32)19(30)11-6-16(21(33-3)27-20(11)28)26-7-12-14(23)4-5-15(24)18(12)25/h4-6,8,10,17,26,29H,7,9H2,1-3H3,(H,31,32)/t17-/m1/s1. The summed E-state index contributed by atoms with van der Waals surface area (Å²) < 4.78 is 48.2. The average molecular weight is 465 g/mol. The lowest BCUT2D eigenvalue weighted by Gasteiger charge is -2.24. The molecular weight excluding hydrogens is 443 g/mol. The minimum atomic E-state index is -1.47. The lowest BCUT2D eigenvalue weighted by molar-refractivity contribution is 0.0694. The Morgan fingerprint density at radius 3 is 2.48 bits per heavy atom. The zero-order chi connectivity index (χ0) is 24.4. The molecule has 1 atom stereocenters. The number of hydrogen-bond donors (Lipinski definition) is 3. The van der Waals surface area contributed by atoms with Crippen molar-refractivity contribution in [1.82, 2.24) is 9.55 Å². The molecule has 3 N–H and O–H groups in total. The second-order valence-corrected chi connectivity index (χ2v) is 7.67. The van der Waals surface area contributed by atoms with Gasteiger partial charge in [-0.1, -0.05) is 13.8 Å². The Bertz CT molecular complexity index is 1280. The van der Waals surface area contributed by atoms with Crippen LogP contribution in [0.1, 0.15) is 35.8 Å². The van der Waals surface area contributed by atoms with Crippen molar-refractivity contribution in [3.63, 3.8) is 0 Å². The molecule has 176 valence electrons. The highest BCUT2D eigenvalue weighted by atomic mass is 19.2. The van der Waals surface area contributed by atoms with Gasteiger partial charge in [0, 0.05) is 18.3 Å². The van der Waals surface area contributed by atoms with Crippen LogP contribution in [0.2, 0.25) is 0 Å². The molecule has 0 saturated carbocycles. The molecule has 0 saturated heterocycles. The molecule has 11 heteroatoms. The Balaban J connectivity index is 2.21. The number of nitrogens with zero attached hydrogens (tertiary/aromatic N) is 2. The van der Waals surface area contributed by atoms with Gasteiger partial charge in [-0.05, 0) is 24.1 Å². The number of benzene rings is 1. The highest BCUT2D eigenvalue weighted by molar-refractivity contribution is 5.93. The summed E-state index contributed by atoms with van der Waals surface area (Å²) in [6, 6.07) is 2.09. The van der Waals surface area contributed by atoms with Gasteiger partial charge < -0.3 is 24.8 Å². The van der Waals surface area contributed by atoms with Crippen LogP contribution in [0.15, 0.2) is 29.2 Å². The number of ether oxygens (including phenoxy) is 1. The fourth-order valence-corrected chi connectivity index (χ4v) is 3.48. The predicted molar refractivity (Wildman–Crippen MR) is 114 cm³/mol. The smallest absolute Gasteiger partial charge is 0.341 e. The van der Waals surface area contributed by atoms with Gasteiger partial charge in [0.15, 0.2) is 11.6 Å². The van der Waals surface area contributed by atoms with Gasteiger partial charge in [0.2, 0.25) is 11.3 Å². The summed E-state index contributed by atoms with van der Waals surface area (Å²) in [7, 11) is 1.28. The summed E-state index contributed by atoms with van der Waals surface area (Å²) in [6.07, 6.45) is 1.12. The van der Waals surface area contributed by atoms with Gasteiger partial charge in [-0.3, -0.25) is 4.79 Å². The highest BCUT2D eigenvalue weighted by Crippen LogP contribution is 2.30.